The Balaban J connectivity index is 1.59. The fourth-order valence-electron chi connectivity index (χ4n) is 3.30. The number of rotatable bonds is 4. The van der Waals surface area contributed by atoms with Gasteiger partial charge in [-0.25, -0.2) is 9.79 Å². The number of hydrogen-bond acceptors (Lipinski definition) is 5. The van der Waals surface area contributed by atoms with Crippen LogP contribution in [0.1, 0.15) is 11.1 Å². The first kappa shape index (κ1) is 20.1. The molecule has 1 fully saturated rings. The number of fused-ring (bicyclic) bond motifs is 1. The van der Waals surface area contributed by atoms with Gasteiger partial charge in [0.05, 0.1) is 0 Å². The van der Waals surface area contributed by atoms with E-state index in [1.807, 2.05) is 53.4 Å². The number of hydrogen-bond donors (Lipinski definition) is 1. The van der Waals surface area contributed by atoms with Crippen LogP contribution in [0.3, 0.4) is 0 Å². The molecule has 2 aliphatic heterocycles. The molecular formula is C20H18Cl2N4O2S. The SMILES string of the molecule is CN1C(=O)NC(=O)C2C1N=C(SCc1ccc(Cl)cc1)N2Cc1ccc(Cl)cc1. The Hall–Kier alpha value is -2.22. The third kappa shape index (κ3) is 4.22. The summed E-state index contributed by atoms with van der Waals surface area (Å²) in [4.78, 5) is 32.8. The molecule has 1 saturated heterocycles. The van der Waals surface area contributed by atoms with Gasteiger partial charge in [-0.1, -0.05) is 59.2 Å². The molecule has 0 bridgehead atoms. The van der Waals surface area contributed by atoms with Gasteiger partial charge in [0.15, 0.2) is 17.4 Å². The summed E-state index contributed by atoms with van der Waals surface area (Å²) < 4.78 is 0. The van der Waals surface area contributed by atoms with E-state index >= 15 is 0 Å². The third-order valence-corrected chi connectivity index (χ3v) is 6.45. The Morgan fingerprint density at radius 1 is 1.00 bits per heavy atom. The Labute approximate surface area is 182 Å². The first-order valence-corrected chi connectivity index (χ1v) is 10.7. The summed E-state index contributed by atoms with van der Waals surface area (Å²) in [6.45, 7) is 0.486. The van der Waals surface area contributed by atoms with Crippen molar-refractivity contribution < 1.29 is 9.59 Å². The van der Waals surface area contributed by atoms with Crippen LogP contribution in [0.5, 0.6) is 0 Å². The van der Waals surface area contributed by atoms with E-state index in [2.05, 4.69) is 5.32 Å². The van der Waals surface area contributed by atoms with E-state index in [0.717, 1.165) is 16.3 Å². The van der Waals surface area contributed by atoms with Crippen molar-refractivity contribution in [3.63, 3.8) is 0 Å². The molecule has 2 heterocycles. The van der Waals surface area contributed by atoms with Crippen LogP contribution in [0.2, 0.25) is 10.0 Å². The summed E-state index contributed by atoms with van der Waals surface area (Å²) in [6.07, 6.45) is -0.545. The molecule has 0 spiro atoms. The van der Waals surface area contributed by atoms with E-state index in [1.54, 1.807) is 7.05 Å². The van der Waals surface area contributed by atoms with Crippen LogP contribution in [0.15, 0.2) is 53.5 Å². The number of imide groups is 1. The number of amides is 3. The minimum absolute atomic E-state index is 0.335. The Morgan fingerprint density at radius 2 is 1.59 bits per heavy atom. The summed E-state index contributed by atoms with van der Waals surface area (Å²) in [7, 11) is 1.65. The van der Waals surface area contributed by atoms with Crippen molar-refractivity contribution in [2.45, 2.75) is 24.5 Å². The number of aliphatic imine (C=N–C) groups is 1. The number of halogens is 2. The van der Waals surface area contributed by atoms with E-state index in [1.165, 1.54) is 16.7 Å². The first-order valence-electron chi connectivity index (χ1n) is 8.96. The minimum Gasteiger partial charge on any atom is -0.331 e. The van der Waals surface area contributed by atoms with Gasteiger partial charge in [0.1, 0.15) is 0 Å². The Kier molecular flexibility index (Phi) is 5.72. The zero-order valence-electron chi connectivity index (χ0n) is 15.5. The maximum absolute atomic E-state index is 12.6. The van der Waals surface area contributed by atoms with Gasteiger partial charge in [-0.05, 0) is 35.4 Å². The number of carbonyl (C=O) groups is 2. The van der Waals surface area contributed by atoms with Crippen LogP contribution in [0.25, 0.3) is 0 Å². The van der Waals surface area contributed by atoms with E-state index in [4.69, 9.17) is 28.2 Å². The Bertz CT molecular complexity index is 965. The van der Waals surface area contributed by atoms with Crippen LogP contribution in [0.4, 0.5) is 4.79 Å². The summed E-state index contributed by atoms with van der Waals surface area (Å²) >= 11 is 13.5. The van der Waals surface area contributed by atoms with Crippen molar-refractivity contribution >= 4 is 52.1 Å². The van der Waals surface area contributed by atoms with Gasteiger partial charge >= 0.3 is 6.03 Å². The molecule has 0 aromatic heterocycles. The molecule has 0 saturated carbocycles. The lowest BCUT2D eigenvalue weighted by molar-refractivity contribution is -0.127. The molecule has 2 aliphatic rings. The molecule has 6 nitrogen and oxygen atoms in total. The van der Waals surface area contributed by atoms with E-state index < -0.39 is 18.2 Å². The number of amidine groups is 1. The minimum atomic E-state index is -0.568. The van der Waals surface area contributed by atoms with Gasteiger partial charge in [-0.3, -0.25) is 10.1 Å². The molecule has 0 radical (unpaired) electrons. The predicted molar refractivity (Wildman–Crippen MR) is 116 cm³/mol. The third-order valence-electron chi connectivity index (χ3n) is 4.87. The molecule has 0 aliphatic carbocycles. The molecule has 2 atom stereocenters. The number of nitrogens with one attached hydrogen (secondary N) is 1. The molecule has 9 heteroatoms. The smallest absolute Gasteiger partial charge is 0.325 e. The number of urea groups is 1. The number of thioether (sulfide) groups is 1. The zero-order valence-corrected chi connectivity index (χ0v) is 17.8. The van der Waals surface area contributed by atoms with Gasteiger partial charge in [0, 0.05) is 29.4 Å². The molecule has 2 aromatic carbocycles. The standard InChI is InChI=1S/C20H18Cl2N4O2S/c1-25-17-16(18(27)24-19(25)28)26(10-12-2-6-14(21)7-3-12)20(23-17)29-11-13-4-8-15(22)9-5-13/h2-9,16-17H,10-11H2,1H3,(H,24,27,28). The van der Waals surface area contributed by atoms with E-state index in [0.29, 0.717) is 22.3 Å². The number of likely N-dealkylation sites (N-methyl/N-ethyl adjacent to an activating group) is 1. The maximum Gasteiger partial charge on any atom is 0.325 e. The summed E-state index contributed by atoms with van der Waals surface area (Å²) in [6, 6.07) is 14.1. The highest BCUT2D eigenvalue weighted by molar-refractivity contribution is 8.13. The topological polar surface area (TPSA) is 65.0 Å². The van der Waals surface area contributed by atoms with E-state index in [9.17, 15) is 9.59 Å². The van der Waals surface area contributed by atoms with Crippen molar-refractivity contribution in [1.29, 1.82) is 0 Å². The lowest BCUT2D eigenvalue weighted by Crippen LogP contribution is -2.63. The van der Waals surface area contributed by atoms with Crippen molar-refractivity contribution in [1.82, 2.24) is 15.1 Å². The molecular weight excluding hydrogens is 431 g/mol. The second-order valence-corrected chi connectivity index (χ2v) is 8.66. The molecule has 4 rings (SSSR count). The molecule has 2 aromatic rings. The summed E-state index contributed by atoms with van der Waals surface area (Å²) in [5.41, 5.74) is 2.10. The number of nitrogens with zero attached hydrogens (tertiary/aromatic N) is 3. The van der Waals surface area contributed by atoms with Crippen molar-refractivity contribution in [2.75, 3.05) is 7.05 Å². The second-order valence-electron chi connectivity index (χ2n) is 6.84. The lowest BCUT2D eigenvalue weighted by atomic mass is 10.1. The van der Waals surface area contributed by atoms with Crippen molar-refractivity contribution in [2.24, 2.45) is 4.99 Å². The highest BCUT2D eigenvalue weighted by Crippen LogP contribution is 2.31. The van der Waals surface area contributed by atoms with E-state index in [-0.39, 0.29) is 5.91 Å². The van der Waals surface area contributed by atoms with Crippen LogP contribution >= 0.6 is 35.0 Å². The average Bonchev–Trinajstić information content (AvgIpc) is 3.06. The zero-order chi connectivity index (χ0) is 20.5. The molecule has 150 valence electrons. The fraction of sp³-hybridized carbons (Fsp3) is 0.250. The number of carbonyl (C=O) groups excluding carboxylic acids is 2. The summed E-state index contributed by atoms with van der Waals surface area (Å²) in [5.74, 6) is 0.337. The first-order chi connectivity index (χ1) is 13.9. The monoisotopic (exact) mass is 448 g/mol. The van der Waals surface area contributed by atoms with Crippen LogP contribution in [-0.2, 0) is 17.1 Å². The quantitative estimate of drug-likeness (QED) is 0.767. The second kappa shape index (κ2) is 8.26. The predicted octanol–water partition coefficient (Wildman–Crippen LogP) is 3.97. The normalized spacial score (nSPS) is 21.1. The highest BCUT2D eigenvalue weighted by atomic mass is 35.5. The van der Waals surface area contributed by atoms with Gasteiger partial charge < -0.3 is 9.80 Å². The lowest BCUT2D eigenvalue weighted by Gasteiger charge is -2.36. The largest absolute Gasteiger partial charge is 0.331 e. The van der Waals surface area contributed by atoms with Crippen molar-refractivity contribution in [3.05, 3.63) is 69.7 Å². The molecule has 2 unspecified atom stereocenters. The highest BCUT2D eigenvalue weighted by Gasteiger charge is 2.48. The van der Waals surface area contributed by atoms with Crippen LogP contribution in [0, 0.1) is 0 Å². The van der Waals surface area contributed by atoms with Gasteiger partial charge in [-0.2, -0.15) is 0 Å². The molecule has 1 N–H and O–H groups in total. The number of benzene rings is 2. The summed E-state index contributed by atoms with van der Waals surface area (Å²) in [5, 5.41) is 4.47. The average molecular weight is 449 g/mol. The fourth-order valence-corrected chi connectivity index (χ4v) is 4.57. The van der Waals surface area contributed by atoms with Crippen LogP contribution in [-0.4, -0.2) is 46.2 Å². The van der Waals surface area contributed by atoms with Gasteiger partial charge in [0.25, 0.3) is 5.91 Å². The molecule has 29 heavy (non-hydrogen) atoms. The maximum atomic E-state index is 12.6. The Morgan fingerprint density at radius 3 is 2.21 bits per heavy atom. The van der Waals surface area contributed by atoms with Gasteiger partial charge in [0.2, 0.25) is 0 Å². The van der Waals surface area contributed by atoms with Gasteiger partial charge in [-0.15, -0.1) is 0 Å². The van der Waals surface area contributed by atoms with Crippen molar-refractivity contribution in [3.8, 4) is 0 Å². The van der Waals surface area contributed by atoms with Crippen LogP contribution < -0.4 is 5.32 Å². The molecule has 3 amide bonds.